The highest BCUT2D eigenvalue weighted by Gasteiger charge is 2.31. The Kier molecular flexibility index (Phi) is 4.30. The maximum Gasteiger partial charge on any atom is 0.0825 e. The Bertz CT molecular complexity index is 424. The van der Waals surface area contributed by atoms with Gasteiger partial charge in [-0.3, -0.25) is 0 Å². The molecular formula is C14H21BrN2O. The van der Waals surface area contributed by atoms with Gasteiger partial charge in [0.1, 0.15) is 0 Å². The van der Waals surface area contributed by atoms with Gasteiger partial charge in [0.15, 0.2) is 0 Å². The van der Waals surface area contributed by atoms with Crippen LogP contribution in [0.2, 0.25) is 0 Å². The third kappa shape index (κ3) is 2.87. The number of anilines is 1. The molecule has 1 aliphatic rings. The van der Waals surface area contributed by atoms with Crippen LogP contribution in [-0.2, 0) is 11.3 Å². The van der Waals surface area contributed by atoms with Crippen LogP contribution in [0.1, 0.15) is 25.3 Å². The van der Waals surface area contributed by atoms with E-state index in [2.05, 4.69) is 39.9 Å². The van der Waals surface area contributed by atoms with Crippen molar-refractivity contribution in [3.63, 3.8) is 0 Å². The van der Waals surface area contributed by atoms with Crippen molar-refractivity contribution in [3.8, 4) is 0 Å². The second kappa shape index (κ2) is 5.59. The number of nitrogens with two attached hydrogens (primary N) is 1. The number of rotatable bonds is 3. The van der Waals surface area contributed by atoms with Gasteiger partial charge in [-0.05, 0) is 37.5 Å². The van der Waals surface area contributed by atoms with Crippen molar-refractivity contribution in [3.05, 3.63) is 28.2 Å². The lowest BCUT2D eigenvalue weighted by Crippen LogP contribution is -2.47. The molecule has 18 heavy (non-hydrogen) atoms. The van der Waals surface area contributed by atoms with Crippen molar-refractivity contribution >= 4 is 21.6 Å². The summed E-state index contributed by atoms with van der Waals surface area (Å²) in [4.78, 5) is 2.39. The molecular weight excluding hydrogens is 292 g/mol. The molecule has 4 heteroatoms. The zero-order valence-corrected chi connectivity index (χ0v) is 12.7. The molecule has 100 valence electrons. The van der Waals surface area contributed by atoms with Crippen molar-refractivity contribution in [1.82, 2.24) is 0 Å². The number of methoxy groups -OCH3 is 1. The number of halogens is 1. The van der Waals surface area contributed by atoms with Gasteiger partial charge < -0.3 is 15.4 Å². The van der Waals surface area contributed by atoms with Gasteiger partial charge in [-0.2, -0.15) is 0 Å². The van der Waals surface area contributed by atoms with E-state index in [-0.39, 0.29) is 5.60 Å². The summed E-state index contributed by atoms with van der Waals surface area (Å²) in [6.07, 6.45) is 2.27. The molecule has 0 bridgehead atoms. The van der Waals surface area contributed by atoms with E-state index in [0.29, 0.717) is 6.54 Å². The van der Waals surface area contributed by atoms with E-state index < -0.39 is 0 Å². The standard InChI is InChI=1S/C14H21BrN2O/c1-14(18-2)6-3-7-17(10-14)13-8-12(15)5-4-11(13)9-16/h4-5,8H,3,6-7,9-10,16H2,1-2H3. The molecule has 0 aliphatic carbocycles. The average Bonchev–Trinajstić information content (AvgIpc) is 2.39. The highest BCUT2D eigenvalue weighted by molar-refractivity contribution is 9.10. The first-order valence-corrected chi connectivity index (χ1v) is 7.16. The smallest absolute Gasteiger partial charge is 0.0825 e. The summed E-state index contributed by atoms with van der Waals surface area (Å²) in [6.45, 7) is 4.75. The minimum atomic E-state index is -0.0492. The number of nitrogens with zero attached hydrogens (tertiary/aromatic N) is 1. The Morgan fingerprint density at radius 2 is 2.28 bits per heavy atom. The number of ether oxygens (including phenoxy) is 1. The van der Waals surface area contributed by atoms with E-state index in [1.807, 2.05) is 6.07 Å². The van der Waals surface area contributed by atoms with E-state index >= 15 is 0 Å². The Hall–Kier alpha value is -0.580. The molecule has 0 saturated carbocycles. The summed E-state index contributed by atoms with van der Waals surface area (Å²) in [5.41, 5.74) is 8.21. The van der Waals surface area contributed by atoms with E-state index in [1.165, 1.54) is 11.3 Å². The second-order valence-electron chi connectivity index (χ2n) is 5.16. The largest absolute Gasteiger partial charge is 0.377 e. The maximum absolute atomic E-state index is 5.83. The van der Waals surface area contributed by atoms with Crippen LogP contribution in [-0.4, -0.2) is 25.8 Å². The molecule has 1 aliphatic heterocycles. The lowest BCUT2D eigenvalue weighted by molar-refractivity contribution is -0.00468. The summed E-state index contributed by atoms with van der Waals surface area (Å²) in [5, 5.41) is 0. The van der Waals surface area contributed by atoms with E-state index in [4.69, 9.17) is 10.5 Å². The van der Waals surface area contributed by atoms with Crippen LogP contribution in [0.25, 0.3) is 0 Å². The fourth-order valence-corrected chi connectivity index (χ4v) is 2.93. The van der Waals surface area contributed by atoms with Gasteiger partial charge in [-0.1, -0.05) is 22.0 Å². The van der Waals surface area contributed by atoms with Crippen LogP contribution in [0.3, 0.4) is 0 Å². The van der Waals surface area contributed by atoms with Crippen LogP contribution >= 0.6 is 15.9 Å². The molecule has 1 unspecified atom stereocenters. The number of hydrogen-bond acceptors (Lipinski definition) is 3. The molecule has 0 aromatic heterocycles. The SMILES string of the molecule is COC1(C)CCCN(c2cc(Br)ccc2CN)C1. The minimum absolute atomic E-state index is 0.0492. The van der Waals surface area contributed by atoms with Gasteiger partial charge in [0.05, 0.1) is 5.60 Å². The van der Waals surface area contributed by atoms with Gasteiger partial charge >= 0.3 is 0 Å². The van der Waals surface area contributed by atoms with Gasteiger partial charge in [-0.25, -0.2) is 0 Å². The Labute approximate surface area is 117 Å². The summed E-state index contributed by atoms with van der Waals surface area (Å²) in [7, 11) is 1.80. The third-order valence-electron chi connectivity index (χ3n) is 3.76. The topological polar surface area (TPSA) is 38.5 Å². The van der Waals surface area contributed by atoms with Gasteiger partial charge in [0, 0.05) is 36.9 Å². The van der Waals surface area contributed by atoms with Crippen LogP contribution < -0.4 is 10.6 Å². The summed E-state index contributed by atoms with van der Waals surface area (Å²) >= 11 is 3.54. The molecule has 1 aromatic carbocycles. The number of piperidine rings is 1. The van der Waals surface area contributed by atoms with E-state index in [9.17, 15) is 0 Å². The lowest BCUT2D eigenvalue weighted by atomic mass is 9.94. The first-order chi connectivity index (χ1) is 8.58. The number of hydrogen-bond donors (Lipinski definition) is 1. The first-order valence-electron chi connectivity index (χ1n) is 6.36. The van der Waals surface area contributed by atoms with Crippen molar-refractivity contribution in [2.24, 2.45) is 5.73 Å². The highest BCUT2D eigenvalue weighted by Crippen LogP contribution is 2.31. The molecule has 1 heterocycles. The van der Waals surface area contributed by atoms with Crippen LogP contribution in [0.5, 0.6) is 0 Å². The zero-order chi connectivity index (χ0) is 13.2. The molecule has 0 radical (unpaired) electrons. The van der Waals surface area contributed by atoms with Crippen molar-refractivity contribution in [2.45, 2.75) is 31.9 Å². The normalized spacial score (nSPS) is 24.3. The molecule has 1 atom stereocenters. The highest BCUT2D eigenvalue weighted by atomic mass is 79.9. The van der Waals surface area contributed by atoms with Crippen LogP contribution in [0.15, 0.2) is 22.7 Å². The monoisotopic (exact) mass is 312 g/mol. The van der Waals surface area contributed by atoms with Gasteiger partial charge in [0.25, 0.3) is 0 Å². The predicted molar refractivity (Wildman–Crippen MR) is 78.9 cm³/mol. The van der Waals surface area contributed by atoms with Crippen molar-refractivity contribution < 1.29 is 4.74 Å². The summed E-state index contributed by atoms with van der Waals surface area (Å²) in [6, 6.07) is 6.30. The van der Waals surface area contributed by atoms with Crippen molar-refractivity contribution in [1.29, 1.82) is 0 Å². The molecule has 2 N–H and O–H groups in total. The fourth-order valence-electron chi connectivity index (χ4n) is 2.58. The molecule has 3 nitrogen and oxygen atoms in total. The summed E-state index contributed by atoms with van der Waals surface area (Å²) < 4.78 is 6.75. The van der Waals surface area contributed by atoms with Crippen LogP contribution in [0.4, 0.5) is 5.69 Å². The molecule has 0 spiro atoms. The molecule has 1 fully saturated rings. The zero-order valence-electron chi connectivity index (χ0n) is 11.1. The minimum Gasteiger partial charge on any atom is -0.377 e. The van der Waals surface area contributed by atoms with Gasteiger partial charge in [0.2, 0.25) is 0 Å². The Morgan fingerprint density at radius 3 is 2.94 bits per heavy atom. The Balaban J connectivity index is 2.28. The maximum atomic E-state index is 5.83. The third-order valence-corrected chi connectivity index (χ3v) is 4.25. The molecule has 0 amide bonds. The molecule has 1 aromatic rings. The molecule has 1 saturated heterocycles. The summed E-state index contributed by atoms with van der Waals surface area (Å²) in [5.74, 6) is 0. The fraction of sp³-hybridized carbons (Fsp3) is 0.571. The Morgan fingerprint density at radius 1 is 1.50 bits per heavy atom. The average molecular weight is 313 g/mol. The van der Waals surface area contributed by atoms with Gasteiger partial charge in [-0.15, -0.1) is 0 Å². The van der Waals surface area contributed by atoms with Crippen LogP contribution in [0, 0.1) is 0 Å². The molecule has 2 rings (SSSR count). The lowest BCUT2D eigenvalue weighted by Gasteiger charge is -2.41. The van der Waals surface area contributed by atoms with Crippen molar-refractivity contribution in [2.75, 3.05) is 25.1 Å². The van der Waals surface area contributed by atoms with E-state index in [0.717, 1.165) is 30.4 Å². The second-order valence-corrected chi connectivity index (χ2v) is 6.07. The number of benzene rings is 1. The van der Waals surface area contributed by atoms with E-state index in [1.54, 1.807) is 7.11 Å². The quantitative estimate of drug-likeness (QED) is 0.932. The predicted octanol–water partition coefficient (Wildman–Crippen LogP) is 2.91. The first kappa shape index (κ1) is 13.8.